The van der Waals surface area contributed by atoms with E-state index >= 15 is 0 Å². The van der Waals surface area contributed by atoms with E-state index in [-0.39, 0.29) is 0 Å². The minimum Gasteiger partial charge on any atom is -0.485 e. The van der Waals surface area contributed by atoms with Crippen molar-refractivity contribution in [3.63, 3.8) is 0 Å². The summed E-state index contributed by atoms with van der Waals surface area (Å²) in [6.45, 7) is 1.58. The Balaban J connectivity index is 1.73. The molecule has 0 aliphatic carbocycles. The van der Waals surface area contributed by atoms with Crippen LogP contribution in [-0.4, -0.2) is 7.11 Å². The zero-order valence-corrected chi connectivity index (χ0v) is 14.9. The fraction of sp³-hybridized carbons (Fsp3) is 0.182. The number of nitrogens with one attached hydrogen (secondary N) is 1. The number of hydrogen-bond acceptors (Lipinski definition) is 4. The summed E-state index contributed by atoms with van der Waals surface area (Å²) < 4.78 is 12.0. The highest BCUT2D eigenvalue weighted by atomic mass is 16.6. The van der Waals surface area contributed by atoms with Gasteiger partial charge < -0.3 is 14.3 Å². The zero-order valence-electron chi connectivity index (χ0n) is 14.9. The van der Waals surface area contributed by atoms with Gasteiger partial charge in [-0.3, -0.25) is 0 Å². The summed E-state index contributed by atoms with van der Waals surface area (Å²) in [4.78, 5) is 4.93. The van der Waals surface area contributed by atoms with Crippen molar-refractivity contribution in [1.29, 1.82) is 0 Å². The number of ether oxygens (including phenoxy) is 2. The average Bonchev–Trinajstić information content (AvgIpc) is 2.71. The van der Waals surface area contributed by atoms with Crippen molar-refractivity contribution >= 4 is 0 Å². The van der Waals surface area contributed by atoms with Gasteiger partial charge in [0.15, 0.2) is 11.5 Å². The molecule has 0 spiro atoms. The lowest BCUT2D eigenvalue weighted by Crippen LogP contribution is -2.11. The molecule has 0 atom stereocenters. The Labute approximate surface area is 154 Å². The van der Waals surface area contributed by atoms with Crippen molar-refractivity contribution < 1.29 is 14.3 Å². The standard InChI is InChI=1S/C22H23NO3/c1-24-23-15-20-12-13-21(25-16-18-8-4-2-5-9-18)22(14-20)26-17-19-10-6-3-7-11-19/h2-14,23H,15-17H2,1H3. The molecule has 0 radical (unpaired) electrons. The van der Waals surface area contributed by atoms with Gasteiger partial charge in [0.25, 0.3) is 0 Å². The Hall–Kier alpha value is -2.82. The van der Waals surface area contributed by atoms with Crippen molar-refractivity contribution in [2.75, 3.05) is 7.11 Å². The summed E-state index contributed by atoms with van der Waals surface area (Å²) >= 11 is 0. The van der Waals surface area contributed by atoms with Gasteiger partial charge in [-0.2, -0.15) is 5.48 Å². The zero-order chi connectivity index (χ0) is 18.0. The molecule has 0 saturated carbocycles. The third-order valence-corrected chi connectivity index (χ3v) is 3.90. The van der Waals surface area contributed by atoms with Crippen LogP contribution in [0.2, 0.25) is 0 Å². The first kappa shape index (κ1) is 18.0. The van der Waals surface area contributed by atoms with Crippen molar-refractivity contribution in [2.45, 2.75) is 19.8 Å². The summed E-state index contributed by atoms with van der Waals surface area (Å²) in [5.41, 5.74) is 6.13. The molecular formula is C22H23NO3. The maximum atomic E-state index is 6.04. The van der Waals surface area contributed by atoms with Crippen LogP contribution in [0, 0.1) is 0 Å². The van der Waals surface area contributed by atoms with E-state index < -0.39 is 0 Å². The molecule has 3 aromatic rings. The van der Waals surface area contributed by atoms with Gasteiger partial charge in [0.2, 0.25) is 0 Å². The lowest BCUT2D eigenvalue weighted by Gasteiger charge is -2.15. The molecule has 0 fully saturated rings. The van der Waals surface area contributed by atoms with Crippen molar-refractivity contribution in [1.82, 2.24) is 5.48 Å². The Morgan fingerprint density at radius 2 is 1.23 bits per heavy atom. The Kier molecular flexibility index (Phi) is 6.65. The van der Waals surface area contributed by atoms with Crippen LogP contribution in [0.5, 0.6) is 11.5 Å². The molecule has 3 rings (SSSR count). The van der Waals surface area contributed by atoms with Gasteiger partial charge in [-0.05, 0) is 28.8 Å². The van der Waals surface area contributed by atoms with E-state index in [4.69, 9.17) is 14.3 Å². The summed E-state index contributed by atoms with van der Waals surface area (Å²) in [7, 11) is 1.60. The highest BCUT2D eigenvalue weighted by molar-refractivity contribution is 5.43. The molecule has 0 saturated heterocycles. The topological polar surface area (TPSA) is 39.7 Å². The monoisotopic (exact) mass is 349 g/mol. The molecule has 4 nitrogen and oxygen atoms in total. The first-order valence-electron chi connectivity index (χ1n) is 8.57. The minimum atomic E-state index is 0.490. The van der Waals surface area contributed by atoms with Crippen LogP contribution in [-0.2, 0) is 24.6 Å². The first-order valence-corrected chi connectivity index (χ1v) is 8.57. The molecule has 3 aromatic carbocycles. The van der Waals surface area contributed by atoms with Crippen LogP contribution >= 0.6 is 0 Å². The molecule has 1 N–H and O–H groups in total. The maximum absolute atomic E-state index is 6.04. The Bertz CT molecular complexity index is 791. The predicted molar refractivity (Wildman–Crippen MR) is 102 cm³/mol. The van der Waals surface area contributed by atoms with Crippen LogP contribution in [0.15, 0.2) is 78.9 Å². The van der Waals surface area contributed by atoms with E-state index in [2.05, 4.69) is 5.48 Å². The quantitative estimate of drug-likeness (QED) is 0.578. The third-order valence-electron chi connectivity index (χ3n) is 3.90. The molecular weight excluding hydrogens is 326 g/mol. The van der Waals surface area contributed by atoms with Crippen LogP contribution in [0.4, 0.5) is 0 Å². The minimum absolute atomic E-state index is 0.490. The normalized spacial score (nSPS) is 10.5. The van der Waals surface area contributed by atoms with Crippen molar-refractivity contribution in [3.8, 4) is 11.5 Å². The van der Waals surface area contributed by atoms with E-state index in [1.165, 1.54) is 0 Å². The van der Waals surface area contributed by atoms with E-state index in [9.17, 15) is 0 Å². The predicted octanol–water partition coefficient (Wildman–Crippen LogP) is 4.50. The second-order valence-corrected chi connectivity index (χ2v) is 5.85. The smallest absolute Gasteiger partial charge is 0.162 e. The van der Waals surface area contributed by atoms with Crippen molar-refractivity contribution in [3.05, 3.63) is 95.6 Å². The van der Waals surface area contributed by atoms with Gasteiger partial charge in [-0.25, -0.2) is 0 Å². The van der Waals surface area contributed by atoms with Gasteiger partial charge in [0.1, 0.15) is 13.2 Å². The van der Waals surface area contributed by atoms with E-state index in [0.29, 0.717) is 19.8 Å². The SMILES string of the molecule is CONCc1ccc(OCc2ccccc2)c(OCc2ccccc2)c1. The number of benzene rings is 3. The molecule has 0 aromatic heterocycles. The highest BCUT2D eigenvalue weighted by Gasteiger charge is 2.08. The first-order chi connectivity index (χ1) is 12.8. The van der Waals surface area contributed by atoms with Crippen molar-refractivity contribution in [2.24, 2.45) is 0 Å². The molecule has 134 valence electrons. The summed E-state index contributed by atoms with van der Waals surface area (Å²) in [5, 5.41) is 0. The lowest BCUT2D eigenvalue weighted by atomic mass is 10.2. The lowest BCUT2D eigenvalue weighted by molar-refractivity contribution is 0.0866. The second kappa shape index (κ2) is 9.61. The van der Waals surface area contributed by atoms with Crippen LogP contribution in [0.3, 0.4) is 0 Å². The highest BCUT2D eigenvalue weighted by Crippen LogP contribution is 2.30. The summed E-state index contributed by atoms with van der Waals surface area (Å²) in [5.74, 6) is 1.45. The molecule has 26 heavy (non-hydrogen) atoms. The Morgan fingerprint density at radius 1 is 0.654 bits per heavy atom. The number of rotatable bonds is 9. The summed E-state index contributed by atoms with van der Waals surface area (Å²) in [6, 6.07) is 26.1. The van der Waals surface area contributed by atoms with Crippen LogP contribution in [0.1, 0.15) is 16.7 Å². The van der Waals surface area contributed by atoms with Crippen LogP contribution < -0.4 is 15.0 Å². The van der Waals surface area contributed by atoms with Gasteiger partial charge >= 0.3 is 0 Å². The number of hydroxylamine groups is 1. The maximum Gasteiger partial charge on any atom is 0.162 e. The average molecular weight is 349 g/mol. The molecule has 0 aliphatic rings. The largest absolute Gasteiger partial charge is 0.485 e. The second-order valence-electron chi connectivity index (χ2n) is 5.85. The van der Waals surface area contributed by atoms with E-state index in [1.807, 2.05) is 78.9 Å². The van der Waals surface area contributed by atoms with Crippen LogP contribution in [0.25, 0.3) is 0 Å². The molecule has 0 aliphatic heterocycles. The molecule has 4 heteroatoms. The van der Waals surface area contributed by atoms with Gasteiger partial charge in [0, 0.05) is 6.54 Å². The fourth-order valence-corrected chi connectivity index (χ4v) is 2.52. The molecule has 0 bridgehead atoms. The molecule has 0 heterocycles. The Morgan fingerprint density at radius 3 is 1.81 bits per heavy atom. The van der Waals surface area contributed by atoms with Gasteiger partial charge in [0.05, 0.1) is 7.11 Å². The van der Waals surface area contributed by atoms with Gasteiger partial charge in [-0.1, -0.05) is 66.7 Å². The van der Waals surface area contributed by atoms with E-state index in [0.717, 1.165) is 28.2 Å². The molecule has 0 unspecified atom stereocenters. The van der Waals surface area contributed by atoms with Gasteiger partial charge in [-0.15, -0.1) is 0 Å². The van der Waals surface area contributed by atoms with E-state index in [1.54, 1.807) is 7.11 Å². The number of hydrogen-bond donors (Lipinski definition) is 1. The fourth-order valence-electron chi connectivity index (χ4n) is 2.52. The summed E-state index contributed by atoms with van der Waals surface area (Å²) in [6.07, 6.45) is 0. The molecule has 0 amide bonds. The third kappa shape index (κ3) is 5.34.